The maximum atomic E-state index is 12.0. The molecule has 0 unspecified atom stereocenters. The van der Waals surface area contributed by atoms with Crippen molar-refractivity contribution in [2.75, 3.05) is 5.73 Å². The average Bonchev–Trinajstić information content (AvgIpc) is 2.45. The maximum absolute atomic E-state index is 12.0. The molecule has 0 aliphatic rings. The lowest BCUT2D eigenvalue weighted by Gasteiger charge is -2.09. The quantitative estimate of drug-likeness (QED) is 0.694. The number of anilines is 1. The van der Waals surface area contributed by atoms with Gasteiger partial charge in [-0.25, -0.2) is 4.79 Å². The Bertz CT molecular complexity index is 672. The molecule has 0 radical (unpaired) electrons. The summed E-state index contributed by atoms with van der Waals surface area (Å²) in [5.74, 6) is -0.610. The van der Waals surface area contributed by atoms with Gasteiger partial charge < -0.3 is 10.5 Å². The minimum atomic E-state index is -0.610. The van der Waals surface area contributed by atoms with Crippen LogP contribution in [0.25, 0.3) is 0 Å². The van der Waals surface area contributed by atoms with Gasteiger partial charge in [-0.1, -0.05) is 35.9 Å². The first kappa shape index (κ1) is 13.9. The smallest absolute Gasteiger partial charge is 0.342 e. The van der Waals surface area contributed by atoms with Crippen molar-refractivity contribution in [2.24, 2.45) is 0 Å². The van der Waals surface area contributed by atoms with E-state index >= 15 is 0 Å². The number of carbonyl (C=O) groups excluding carboxylic acids is 1. The summed E-state index contributed by atoms with van der Waals surface area (Å²) in [6.07, 6.45) is 0. The van der Waals surface area contributed by atoms with Crippen LogP contribution < -0.4 is 5.73 Å². The molecule has 2 aromatic carbocycles. The van der Waals surface area contributed by atoms with E-state index in [2.05, 4.69) is 0 Å². The fourth-order valence-electron chi connectivity index (χ4n) is 1.73. The van der Waals surface area contributed by atoms with Gasteiger partial charge in [0, 0.05) is 11.3 Å². The lowest BCUT2D eigenvalue weighted by molar-refractivity contribution is 0.0474. The monoisotopic (exact) mass is 286 g/mol. The van der Waals surface area contributed by atoms with Gasteiger partial charge >= 0.3 is 5.97 Å². The molecule has 4 nitrogen and oxygen atoms in total. The molecular formula is C15H11ClN2O2. The number of halogens is 1. The fraction of sp³-hybridized carbons (Fsp3) is 0.0667. The van der Waals surface area contributed by atoms with Crippen molar-refractivity contribution in [1.82, 2.24) is 0 Å². The molecule has 2 aromatic rings. The molecular weight excluding hydrogens is 276 g/mol. The molecule has 0 saturated heterocycles. The molecule has 0 atom stereocenters. The summed E-state index contributed by atoms with van der Waals surface area (Å²) in [4.78, 5) is 12.0. The molecule has 5 heteroatoms. The highest BCUT2D eigenvalue weighted by Crippen LogP contribution is 2.23. The van der Waals surface area contributed by atoms with E-state index in [4.69, 9.17) is 27.3 Å². The van der Waals surface area contributed by atoms with Crippen LogP contribution in [-0.2, 0) is 11.3 Å². The summed E-state index contributed by atoms with van der Waals surface area (Å²) < 4.78 is 5.16. The molecule has 20 heavy (non-hydrogen) atoms. The van der Waals surface area contributed by atoms with E-state index in [0.717, 1.165) is 0 Å². The summed E-state index contributed by atoms with van der Waals surface area (Å²) in [6.45, 7) is -0.00672. The highest BCUT2D eigenvalue weighted by Gasteiger charge is 2.15. The van der Waals surface area contributed by atoms with E-state index in [0.29, 0.717) is 11.1 Å². The Labute approximate surface area is 121 Å². The molecule has 0 bridgehead atoms. The molecule has 0 aliphatic carbocycles. The molecule has 0 saturated carbocycles. The van der Waals surface area contributed by atoms with Crippen LogP contribution in [0.2, 0.25) is 5.02 Å². The van der Waals surface area contributed by atoms with Crippen molar-refractivity contribution in [3.63, 3.8) is 0 Å². The second-order valence-electron chi connectivity index (χ2n) is 4.05. The Morgan fingerprint density at radius 2 is 2.00 bits per heavy atom. The van der Waals surface area contributed by atoms with Crippen molar-refractivity contribution in [2.45, 2.75) is 6.61 Å². The maximum Gasteiger partial charge on any atom is 0.342 e. The molecule has 0 spiro atoms. The number of hydrogen-bond donors (Lipinski definition) is 1. The Balaban J connectivity index is 2.16. The van der Waals surface area contributed by atoms with Crippen LogP contribution in [0.15, 0.2) is 42.5 Å². The number of hydrogen-bond acceptors (Lipinski definition) is 4. The number of rotatable bonds is 3. The van der Waals surface area contributed by atoms with Gasteiger partial charge in [0.1, 0.15) is 12.2 Å². The highest BCUT2D eigenvalue weighted by atomic mass is 35.5. The van der Waals surface area contributed by atoms with Crippen LogP contribution in [-0.4, -0.2) is 5.97 Å². The first-order valence-electron chi connectivity index (χ1n) is 5.82. The molecule has 2 rings (SSSR count). The van der Waals surface area contributed by atoms with E-state index in [-0.39, 0.29) is 22.9 Å². The minimum absolute atomic E-state index is 0.00672. The molecule has 0 heterocycles. The van der Waals surface area contributed by atoms with Gasteiger partial charge in [-0.05, 0) is 18.2 Å². The van der Waals surface area contributed by atoms with Gasteiger partial charge in [0.2, 0.25) is 0 Å². The minimum Gasteiger partial charge on any atom is -0.457 e. The highest BCUT2D eigenvalue weighted by molar-refractivity contribution is 6.34. The molecule has 0 fully saturated rings. The number of carbonyl (C=O) groups is 1. The van der Waals surface area contributed by atoms with Crippen molar-refractivity contribution >= 4 is 23.3 Å². The SMILES string of the molecule is N#Cc1ccccc1COC(=O)c1c(N)cccc1Cl. The van der Waals surface area contributed by atoms with E-state index in [9.17, 15) is 4.79 Å². The van der Waals surface area contributed by atoms with Crippen molar-refractivity contribution in [3.8, 4) is 6.07 Å². The predicted octanol–water partition coefficient (Wildman–Crippen LogP) is 3.15. The van der Waals surface area contributed by atoms with Gasteiger partial charge in [0.05, 0.1) is 16.7 Å². The number of benzene rings is 2. The lowest BCUT2D eigenvalue weighted by atomic mass is 10.1. The van der Waals surface area contributed by atoms with Crippen molar-refractivity contribution in [3.05, 3.63) is 64.2 Å². The number of ether oxygens (including phenoxy) is 1. The summed E-state index contributed by atoms with van der Waals surface area (Å²) in [7, 11) is 0. The Morgan fingerprint density at radius 1 is 1.25 bits per heavy atom. The number of nitrogen functional groups attached to an aromatic ring is 1. The van der Waals surface area contributed by atoms with Gasteiger partial charge in [0.25, 0.3) is 0 Å². The van der Waals surface area contributed by atoms with Crippen LogP contribution >= 0.6 is 11.6 Å². The third-order valence-electron chi connectivity index (χ3n) is 2.75. The predicted molar refractivity (Wildman–Crippen MR) is 76.1 cm³/mol. The number of nitriles is 1. The van der Waals surface area contributed by atoms with Gasteiger partial charge in [-0.3, -0.25) is 0 Å². The molecule has 0 aliphatic heterocycles. The fourth-order valence-corrected chi connectivity index (χ4v) is 1.99. The Hall–Kier alpha value is -2.51. The number of esters is 1. The second-order valence-corrected chi connectivity index (χ2v) is 4.46. The van der Waals surface area contributed by atoms with E-state index in [1.807, 2.05) is 6.07 Å². The topological polar surface area (TPSA) is 76.1 Å². The van der Waals surface area contributed by atoms with Crippen LogP contribution in [0.1, 0.15) is 21.5 Å². The largest absolute Gasteiger partial charge is 0.457 e. The molecule has 0 aromatic heterocycles. The lowest BCUT2D eigenvalue weighted by Crippen LogP contribution is -2.09. The van der Waals surface area contributed by atoms with Crippen LogP contribution in [0.4, 0.5) is 5.69 Å². The first-order valence-corrected chi connectivity index (χ1v) is 6.20. The summed E-state index contributed by atoms with van der Waals surface area (Å²) in [6, 6.07) is 13.7. The Kier molecular flexibility index (Phi) is 4.24. The Morgan fingerprint density at radius 3 is 2.70 bits per heavy atom. The van der Waals surface area contributed by atoms with Crippen molar-refractivity contribution < 1.29 is 9.53 Å². The van der Waals surface area contributed by atoms with Crippen LogP contribution in [0, 0.1) is 11.3 Å². The zero-order valence-electron chi connectivity index (χ0n) is 10.5. The van der Waals surface area contributed by atoms with Gasteiger partial charge in [0.15, 0.2) is 0 Å². The summed E-state index contributed by atoms with van der Waals surface area (Å²) in [5, 5.41) is 9.20. The van der Waals surface area contributed by atoms with Crippen LogP contribution in [0.5, 0.6) is 0 Å². The second kappa shape index (κ2) is 6.09. The number of nitrogens with zero attached hydrogens (tertiary/aromatic N) is 1. The third-order valence-corrected chi connectivity index (χ3v) is 3.06. The van der Waals surface area contributed by atoms with Gasteiger partial charge in [-0.2, -0.15) is 5.26 Å². The average molecular weight is 287 g/mol. The molecule has 2 N–H and O–H groups in total. The molecule has 0 amide bonds. The van der Waals surface area contributed by atoms with Crippen molar-refractivity contribution in [1.29, 1.82) is 5.26 Å². The molecule has 100 valence electrons. The zero-order chi connectivity index (χ0) is 14.5. The zero-order valence-corrected chi connectivity index (χ0v) is 11.2. The summed E-state index contributed by atoms with van der Waals surface area (Å²) in [5.41, 5.74) is 7.21. The van der Waals surface area contributed by atoms with Crippen LogP contribution in [0.3, 0.4) is 0 Å². The van der Waals surface area contributed by atoms with E-state index in [1.54, 1.807) is 42.5 Å². The van der Waals surface area contributed by atoms with E-state index < -0.39 is 5.97 Å². The normalized spacial score (nSPS) is 9.80. The first-order chi connectivity index (χ1) is 9.63. The van der Waals surface area contributed by atoms with Gasteiger partial charge in [-0.15, -0.1) is 0 Å². The van der Waals surface area contributed by atoms with E-state index in [1.165, 1.54) is 0 Å². The number of nitrogens with two attached hydrogens (primary N) is 1. The summed E-state index contributed by atoms with van der Waals surface area (Å²) >= 11 is 5.93. The third kappa shape index (κ3) is 2.90. The standard InChI is InChI=1S/C15H11ClN2O2/c16-12-6-3-7-13(18)14(12)15(19)20-9-11-5-2-1-4-10(11)8-17/h1-7H,9,18H2.